The van der Waals surface area contributed by atoms with Crippen LogP contribution in [0.2, 0.25) is 5.02 Å². The number of amides is 3. The molecule has 8 nitrogen and oxygen atoms in total. The maximum absolute atomic E-state index is 13.5. The van der Waals surface area contributed by atoms with Crippen LogP contribution in [0.4, 0.5) is 9.59 Å². The second-order valence-corrected chi connectivity index (χ2v) is 11.2. The van der Waals surface area contributed by atoms with Crippen molar-refractivity contribution in [1.82, 2.24) is 20.9 Å². The summed E-state index contributed by atoms with van der Waals surface area (Å²) in [6, 6.07) is 7.95. The van der Waals surface area contributed by atoms with E-state index in [-0.39, 0.29) is 24.1 Å². The molecule has 3 fully saturated rings. The molecule has 0 radical (unpaired) electrons. The van der Waals surface area contributed by atoms with Crippen molar-refractivity contribution in [2.24, 2.45) is 17.8 Å². The molecule has 37 heavy (non-hydrogen) atoms. The molecule has 1 aromatic rings. The molecule has 3 amide bonds. The second-order valence-electron chi connectivity index (χ2n) is 10.7. The van der Waals surface area contributed by atoms with E-state index in [9.17, 15) is 9.59 Å². The van der Waals surface area contributed by atoms with Gasteiger partial charge in [0.1, 0.15) is 0 Å². The van der Waals surface area contributed by atoms with Crippen molar-refractivity contribution in [2.45, 2.75) is 63.5 Å². The molecule has 0 bridgehead atoms. The van der Waals surface area contributed by atoms with Crippen LogP contribution in [-0.4, -0.2) is 69.5 Å². The molecule has 9 heteroatoms. The number of rotatable bonds is 8. The number of carbonyl (C=O) groups is 2. The number of halogens is 1. The smallest absolute Gasteiger partial charge is 0.406 e. The average Bonchev–Trinajstić information content (AvgIpc) is 2.93. The minimum absolute atomic E-state index is 0.0383. The van der Waals surface area contributed by atoms with Crippen LogP contribution < -0.4 is 16.0 Å². The number of ether oxygens (including phenoxy) is 2. The number of methoxy groups -OCH3 is 1. The predicted octanol–water partition coefficient (Wildman–Crippen LogP) is 4.73. The first kappa shape index (κ1) is 28.0. The van der Waals surface area contributed by atoms with E-state index in [4.69, 9.17) is 16.3 Å². The van der Waals surface area contributed by atoms with Gasteiger partial charge in [0.25, 0.3) is 0 Å². The van der Waals surface area contributed by atoms with E-state index in [0.29, 0.717) is 30.6 Å². The quantitative estimate of drug-likeness (QED) is 0.419. The molecule has 2 saturated heterocycles. The molecule has 206 valence electrons. The molecule has 3 aliphatic rings. The van der Waals surface area contributed by atoms with Gasteiger partial charge in [0, 0.05) is 43.2 Å². The maximum Gasteiger partial charge on any atom is 0.406 e. The lowest BCUT2D eigenvalue weighted by Gasteiger charge is -2.42. The lowest BCUT2D eigenvalue weighted by atomic mass is 9.74. The van der Waals surface area contributed by atoms with Crippen LogP contribution in [0.15, 0.2) is 24.3 Å². The van der Waals surface area contributed by atoms with Gasteiger partial charge in [-0.15, -0.1) is 0 Å². The van der Waals surface area contributed by atoms with Crippen molar-refractivity contribution in [1.29, 1.82) is 0 Å². The number of alkyl carbamates (subject to hydrolysis) is 1. The standard InChI is InChI=1S/C28H43ClN4O4/c1-36-28(35)31-14-16-37-26(21-9-5-11-23(29)17-21)22-10-6-15-33(19-22)27(34)32-25-18-30-13-12-24(25)20-7-3-2-4-8-20/h5,9,11,17,20,22,24-26,30H,2-4,6-8,10,12-16,18-19H2,1H3,(H,31,35)(H,32,34)/t22-,24+,25-,26+/m1/s1. The lowest BCUT2D eigenvalue weighted by molar-refractivity contribution is -0.00887. The van der Waals surface area contributed by atoms with Gasteiger partial charge in [0.2, 0.25) is 0 Å². The van der Waals surface area contributed by atoms with Gasteiger partial charge >= 0.3 is 12.1 Å². The van der Waals surface area contributed by atoms with Gasteiger partial charge in [-0.2, -0.15) is 0 Å². The Balaban J connectivity index is 1.38. The third-order valence-electron chi connectivity index (χ3n) is 8.30. The van der Waals surface area contributed by atoms with Crippen molar-refractivity contribution in [3.63, 3.8) is 0 Å². The van der Waals surface area contributed by atoms with Crippen LogP contribution in [0.5, 0.6) is 0 Å². The normalized spacial score (nSPS) is 25.8. The van der Waals surface area contributed by atoms with Gasteiger partial charge in [-0.1, -0.05) is 55.8 Å². The number of hydrogen-bond acceptors (Lipinski definition) is 5. The monoisotopic (exact) mass is 534 g/mol. The highest BCUT2D eigenvalue weighted by atomic mass is 35.5. The van der Waals surface area contributed by atoms with E-state index in [1.54, 1.807) is 0 Å². The highest BCUT2D eigenvalue weighted by Crippen LogP contribution is 2.36. The topological polar surface area (TPSA) is 91.9 Å². The summed E-state index contributed by atoms with van der Waals surface area (Å²) in [5.74, 6) is 1.43. The summed E-state index contributed by atoms with van der Waals surface area (Å²) in [4.78, 5) is 26.9. The van der Waals surface area contributed by atoms with Crippen molar-refractivity contribution in [2.75, 3.05) is 46.4 Å². The molecule has 2 heterocycles. The van der Waals surface area contributed by atoms with E-state index in [0.717, 1.165) is 50.4 Å². The van der Waals surface area contributed by atoms with Gasteiger partial charge in [0.05, 0.1) is 19.8 Å². The number of nitrogens with zero attached hydrogens (tertiary/aromatic N) is 1. The number of carbonyl (C=O) groups excluding carboxylic acids is 2. The SMILES string of the molecule is COC(=O)NCCO[C@@H](c1cccc(Cl)c1)[C@@H]1CCCN(C(=O)N[C@@H]2CNCC[C@H]2C2CCCCC2)C1. The Hall–Kier alpha value is -2.03. The van der Waals surface area contributed by atoms with E-state index in [1.807, 2.05) is 29.2 Å². The van der Waals surface area contributed by atoms with Crippen molar-refractivity contribution < 1.29 is 19.1 Å². The highest BCUT2D eigenvalue weighted by molar-refractivity contribution is 6.30. The second kappa shape index (κ2) is 14.2. The number of benzene rings is 1. The Kier molecular flexibility index (Phi) is 10.8. The Morgan fingerprint density at radius 2 is 2.00 bits per heavy atom. The molecule has 1 aromatic carbocycles. The molecule has 2 aliphatic heterocycles. The number of piperidine rings is 2. The Morgan fingerprint density at radius 1 is 1.16 bits per heavy atom. The molecular formula is C28H43ClN4O4. The van der Waals surface area contributed by atoms with Crippen LogP contribution in [0, 0.1) is 17.8 Å². The molecule has 1 saturated carbocycles. The fraction of sp³-hybridized carbons (Fsp3) is 0.714. The zero-order chi connectivity index (χ0) is 26.0. The van der Waals surface area contributed by atoms with Crippen LogP contribution in [0.1, 0.15) is 63.0 Å². The van der Waals surface area contributed by atoms with Gasteiger partial charge in [0.15, 0.2) is 0 Å². The number of likely N-dealkylation sites (tertiary alicyclic amines) is 1. The molecule has 1 aliphatic carbocycles. The summed E-state index contributed by atoms with van der Waals surface area (Å²) in [6.45, 7) is 3.96. The van der Waals surface area contributed by atoms with Gasteiger partial charge in [-0.3, -0.25) is 0 Å². The molecule has 0 spiro atoms. The largest absolute Gasteiger partial charge is 0.453 e. The first-order valence-electron chi connectivity index (χ1n) is 14.0. The van der Waals surface area contributed by atoms with E-state index in [2.05, 4.69) is 20.7 Å². The molecule has 0 aromatic heterocycles. The summed E-state index contributed by atoms with van der Waals surface area (Å²) in [5, 5.41) is 10.2. The Morgan fingerprint density at radius 3 is 2.78 bits per heavy atom. The summed E-state index contributed by atoms with van der Waals surface area (Å²) < 4.78 is 10.9. The molecule has 3 N–H and O–H groups in total. The fourth-order valence-electron chi connectivity index (χ4n) is 6.45. The summed E-state index contributed by atoms with van der Waals surface area (Å²) >= 11 is 6.31. The number of hydrogen-bond donors (Lipinski definition) is 3. The Labute approximate surface area is 226 Å². The Bertz CT molecular complexity index is 881. The number of urea groups is 1. The van der Waals surface area contributed by atoms with Crippen molar-refractivity contribution in [3.8, 4) is 0 Å². The van der Waals surface area contributed by atoms with E-state index >= 15 is 0 Å². The van der Waals surface area contributed by atoms with Crippen LogP contribution in [0.3, 0.4) is 0 Å². The third-order valence-corrected chi connectivity index (χ3v) is 8.54. The summed E-state index contributed by atoms with van der Waals surface area (Å²) in [6.07, 6.45) is 8.91. The zero-order valence-electron chi connectivity index (χ0n) is 22.1. The molecule has 4 rings (SSSR count). The van der Waals surface area contributed by atoms with E-state index in [1.165, 1.54) is 39.2 Å². The predicted molar refractivity (Wildman–Crippen MR) is 145 cm³/mol. The van der Waals surface area contributed by atoms with Crippen molar-refractivity contribution >= 4 is 23.7 Å². The van der Waals surface area contributed by atoms with Gasteiger partial charge in [-0.25, -0.2) is 9.59 Å². The van der Waals surface area contributed by atoms with E-state index < -0.39 is 6.09 Å². The van der Waals surface area contributed by atoms with Crippen LogP contribution in [-0.2, 0) is 9.47 Å². The summed E-state index contributed by atoms with van der Waals surface area (Å²) in [5.41, 5.74) is 0.992. The maximum atomic E-state index is 13.5. The third kappa shape index (κ3) is 7.98. The number of nitrogens with one attached hydrogen (secondary N) is 3. The fourth-order valence-corrected chi connectivity index (χ4v) is 6.65. The highest BCUT2D eigenvalue weighted by Gasteiger charge is 2.36. The zero-order valence-corrected chi connectivity index (χ0v) is 22.8. The first-order valence-corrected chi connectivity index (χ1v) is 14.4. The first-order chi connectivity index (χ1) is 18.0. The average molecular weight is 535 g/mol. The molecular weight excluding hydrogens is 492 g/mol. The minimum atomic E-state index is -0.479. The molecule has 4 atom stereocenters. The van der Waals surface area contributed by atoms with Crippen LogP contribution in [0.25, 0.3) is 0 Å². The lowest BCUT2D eigenvalue weighted by Crippen LogP contribution is -2.57. The summed E-state index contributed by atoms with van der Waals surface area (Å²) in [7, 11) is 1.34. The van der Waals surface area contributed by atoms with Gasteiger partial charge < -0.3 is 30.3 Å². The molecule has 0 unspecified atom stereocenters. The minimum Gasteiger partial charge on any atom is -0.453 e. The van der Waals surface area contributed by atoms with Crippen molar-refractivity contribution in [3.05, 3.63) is 34.9 Å². The van der Waals surface area contributed by atoms with Gasteiger partial charge in [-0.05, 0) is 55.3 Å². The van der Waals surface area contributed by atoms with Crippen LogP contribution >= 0.6 is 11.6 Å².